The van der Waals surface area contributed by atoms with Crippen molar-refractivity contribution >= 4 is 12.2 Å². The van der Waals surface area contributed by atoms with E-state index in [2.05, 4.69) is 15.7 Å². The quantitative estimate of drug-likeness (QED) is 0.537. The van der Waals surface area contributed by atoms with Gasteiger partial charge >= 0.3 is 0 Å². The first-order chi connectivity index (χ1) is 5.86. The molecule has 0 aliphatic heterocycles. The highest BCUT2D eigenvalue weighted by atomic mass is 14.9. The minimum Gasteiger partial charge on any atom is -0.241 e. The molecule has 2 nitrogen and oxygen atoms in total. The summed E-state index contributed by atoms with van der Waals surface area (Å²) in [4.78, 5) is 8.39. The lowest BCUT2D eigenvalue weighted by Crippen LogP contribution is -1.92. The summed E-state index contributed by atoms with van der Waals surface area (Å²) in [6, 6.07) is 0. The van der Waals surface area contributed by atoms with Gasteiger partial charge in [-0.15, -0.1) is 5.73 Å². The van der Waals surface area contributed by atoms with Crippen LogP contribution in [0.3, 0.4) is 0 Å². The van der Waals surface area contributed by atoms with E-state index in [1.54, 1.807) is 0 Å². The molecule has 0 saturated carbocycles. The van der Waals surface area contributed by atoms with Gasteiger partial charge in [-0.2, -0.15) is 0 Å². The Morgan fingerprint density at radius 3 is 3.25 bits per heavy atom. The second kappa shape index (κ2) is 2.76. The topological polar surface area (TPSA) is 25.8 Å². The van der Waals surface area contributed by atoms with Crippen LogP contribution in [0.5, 0.6) is 0 Å². The minimum absolute atomic E-state index is 0.800. The Hall–Kier alpha value is -1.66. The molecule has 2 rings (SSSR count). The van der Waals surface area contributed by atoms with Gasteiger partial charge < -0.3 is 0 Å². The smallest absolute Gasteiger partial charge is 0.125 e. The predicted octanol–water partition coefficient (Wildman–Crippen LogP) is 1.98. The third kappa shape index (κ3) is 1.20. The zero-order chi connectivity index (χ0) is 8.39. The lowest BCUT2D eigenvalue weighted by molar-refractivity contribution is 1.04. The Morgan fingerprint density at radius 1 is 1.42 bits per heavy atom. The maximum Gasteiger partial charge on any atom is 0.125 e. The number of aromatic nitrogens is 2. The first kappa shape index (κ1) is 7.01. The zero-order valence-electron chi connectivity index (χ0n) is 6.78. The lowest BCUT2D eigenvalue weighted by atomic mass is 10.2. The molecule has 0 saturated heterocycles. The Labute approximate surface area is 71.0 Å². The largest absolute Gasteiger partial charge is 0.241 e. The van der Waals surface area contributed by atoms with E-state index >= 15 is 0 Å². The molecule has 1 aliphatic rings. The molecule has 0 bridgehead atoms. The van der Waals surface area contributed by atoms with Crippen LogP contribution in [0.4, 0.5) is 0 Å². The minimum atomic E-state index is 0.800. The van der Waals surface area contributed by atoms with Gasteiger partial charge in [-0.25, -0.2) is 9.97 Å². The van der Waals surface area contributed by atoms with E-state index in [0.717, 1.165) is 17.1 Å². The van der Waals surface area contributed by atoms with Crippen molar-refractivity contribution in [2.24, 2.45) is 0 Å². The van der Waals surface area contributed by atoms with E-state index in [1.807, 2.05) is 37.4 Å². The van der Waals surface area contributed by atoms with Crippen molar-refractivity contribution in [2.45, 2.75) is 6.92 Å². The van der Waals surface area contributed by atoms with E-state index in [1.165, 1.54) is 0 Å². The first-order valence-electron chi connectivity index (χ1n) is 3.79. The molecule has 2 heteroatoms. The summed E-state index contributed by atoms with van der Waals surface area (Å²) in [6.07, 6.45) is 9.44. The fourth-order valence-corrected chi connectivity index (χ4v) is 1.07. The summed E-state index contributed by atoms with van der Waals surface area (Å²) in [5.41, 5.74) is 4.99. The average Bonchev–Trinajstić information content (AvgIpc) is 2.28. The van der Waals surface area contributed by atoms with Gasteiger partial charge in [-0.05, 0) is 25.2 Å². The molecule has 1 heterocycles. The second-order valence-corrected chi connectivity index (χ2v) is 2.59. The molecule has 0 unspecified atom stereocenters. The van der Waals surface area contributed by atoms with Crippen molar-refractivity contribution in [1.82, 2.24) is 9.97 Å². The molecule has 0 atom stereocenters. The number of rotatable bonds is 0. The van der Waals surface area contributed by atoms with Gasteiger partial charge in [0.1, 0.15) is 5.82 Å². The van der Waals surface area contributed by atoms with Gasteiger partial charge in [0.2, 0.25) is 0 Å². The highest BCUT2D eigenvalue weighted by Crippen LogP contribution is 2.10. The van der Waals surface area contributed by atoms with Crippen LogP contribution in [0.2, 0.25) is 0 Å². The number of hydrogen-bond donors (Lipinski definition) is 0. The summed E-state index contributed by atoms with van der Waals surface area (Å²) in [5, 5.41) is 0. The van der Waals surface area contributed by atoms with Crippen LogP contribution in [0.1, 0.15) is 17.1 Å². The molecule has 0 amide bonds. The Balaban J connectivity index is 2.65. The van der Waals surface area contributed by atoms with E-state index < -0.39 is 0 Å². The number of aryl methyl sites for hydroxylation is 1. The fraction of sp³-hybridized carbons (Fsp3) is 0.100. The third-order valence-corrected chi connectivity index (χ3v) is 1.65. The SMILES string of the molecule is Cc1ncc2c(n1)C=CC=C=C2. The summed E-state index contributed by atoms with van der Waals surface area (Å²) in [6.45, 7) is 1.89. The zero-order valence-corrected chi connectivity index (χ0v) is 6.78. The molecule has 58 valence electrons. The standard InChI is InChI=1S/C10H8N2/c1-8-11-7-9-5-3-2-4-6-10(9)12-8/h2,4-7H,1H3. The Morgan fingerprint density at radius 2 is 2.33 bits per heavy atom. The maximum absolute atomic E-state index is 4.28. The molecular formula is C10H8N2. The van der Waals surface area contributed by atoms with Gasteiger partial charge in [-0.1, -0.05) is 6.08 Å². The van der Waals surface area contributed by atoms with Crippen molar-refractivity contribution < 1.29 is 0 Å². The van der Waals surface area contributed by atoms with Crippen LogP contribution in [-0.2, 0) is 0 Å². The van der Waals surface area contributed by atoms with Crippen LogP contribution in [-0.4, -0.2) is 9.97 Å². The molecule has 0 spiro atoms. The van der Waals surface area contributed by atoms with E-state index in [-0.39, 0.29) is 0 Å². The van der Waals surface area contributed by atoms with Crippen LogP contribution >= 0.6 is 0 Å². The van der Waals surface area contributed by atoms with E-state index in [9.17, 15) is 0 Å². The lowest BCUT2D eigenvalue weighted by Gasteiger charge is -1.98. The molecule has 1 aliphatic carbocycles. The molecule has 0 aromatic carbocycles. The van der Waals surface area contributed by atoms with Crippen LogP contribution in [0.25, 0.3) is 12.2 Å². The van der Waals surface area contributed by atoms with Crippen molar-refractivity contribution in [3.63, 3.8) is 0 Å². The summed E-state index contributed by atoms with van der Waals surface area (Å²) < 4.78 is 0. The fourth-order valence-electron chi connectivity index (χ4n) is 1.07. The molecule has 0 N–H and O–H groups in total. The summed E-state index contributed by atoms with van der Waals surface area (Å²) in [7, 11) is 0. The van der Waals surface area contributed by atoms with Crippen LogP contribution in [0, 0.1) is 6.92 Å². The third-order valence-electron chi connectivity index (χ3n) is 1.65. The van der Waals surface area contributed by atoms with Crippen molar-refractivity contribution in [3.8, 4) is 0 Å². The monoisotopic (exact) mass is 156 g/mol. The average molecular weight is 156 g/mol. The number of hydrogen-bond acceptors (Lipinski definition) is 2. The first-order valence-corrected chi connectivity index (χ1v) is 3.79. The maximum atomic E-state index is 4.28. The molecule has 0 fully saturated rings. The van der Waals surface area contributed by atoms with Gasteiger partial charge in [0.05, 0.1) is 5.69 Å². The van der Waals surface area contributed by atoms with Crippen LogP contribution < -0.4 is 0 Å². The highest BCUT2D eigenvalue weighted by Gasteiger charge is 1.99. The Bertz CT molecular complexity index is 396. The molecular weight excluding hydrogens is 148 g/mol. The second-order valence-electron chi connectivity index (χ2n) is 2.59. The molecule has 0 radical (unpaired) electrons. The van der Waals surface area contributed by atoms with Gasteiger partial charge in [0.25, 0.3) is 0 Å². The molecule has 1 aromatic rings. The van der Waals surface area contributed by atoms with Crippen molar-refractivity contribution in [1.29, 1.82) is 0 Å². The number of fused-ring (bicyclic) bond motifs is 1. The van der Waals surface area contributed by atoms with Gasteiger partial charge in [-0.3, -0.25) is 0 Å². The van der Waals surface area contributed by atoms with Crippen molar-refractivity contribution in [2.75, 3.05) is 0 Å². The summed E-state index contributed by atoms with van der Waals surface area (Å²) in [5.74, 6) is 0.800. The normalized spacial score (nSPS) is 12.8. The molecule has 1 aromatic heterocycles. The molecule has 12 heavy (non-hydrogen) atoms. The van der Waals surface area contributed by atoms with E-state index in [0.29, 0.717) is 0 Å². The predicted molar refractivity (Wildman–Crippen MR) is 48.4 cm³/mol. The van der Waals surface area contributed by atoms with Crippen molar-refractivity contribution in [3.05, 3.63) is 41.2 Å². The number of nitrogens with zero attached hydrogens (tertiary/aromatic N) is 2. The summed E-state index contributed by atoms with van der Waals surface area (Å²) >= 11 is 0. The number of allylic oxidation sites excluding steroid dienone is 2. The Kier molecular flexibility index (Phi) is 1.61. The van der Waals surface area contributed by atoms with E-state index in [4.69, 9.17) is 0 Å². The highest BCUT2D eigenvalue weighted by molar-refractivity contribution is 5.64. The van der Waals surface area contributed by atoms with Gasteiger partial charge in [0.15, 0.2) is 0 Å². The van der Waals surface area contributed by atoms with Crippen LogP contribution in [0.15, 0.2) is 24.1 Å². The van der Waals surface area contributed by atoms with Gasteiger partial charge in [0, 0.05) is 11.8 Å².